The molecule has 0 aromatic carbocycles. The third-order valence-corrected chi connectivity index (χ3v) is 3.56. The zero-order chi connectivity index (χ0) is 13.4. The van der Waals surface area contributed by atoms with Crippen molar-refractivity contribution in [1.29, 1.82) is 0 Å². The van der Waals surface area contributed by atoms with Gasteiger partial charge in [0, 0.05) is 20.3 Å². The summed E-state index contributed by atoms with van der Waals surface area (Å²) in [4.78, 5) is 4.75. The largest absolute Gasteiger partial charge is 0.495 e. The lowest BCUT2D eigenvalue weighted by molar-refractivity contribution is -0.166. The SMILES string of the molecule is COC1=CC2=NC(C)(C)CCC2=CC1(OC)OC. The van der Waals surface area contributed by atoms with Crippen molar-refractivity contribution in [3.05, 3.63) is 23.5 Å². The summed E-state index contributed by atoms with van der Waals surface area (Å²) in [6.45, 7) is 4.29. The predicted octanol–water partition coefficient (Wildman–Crippen LogP) is 2.46. The molecule has 0 saturated carbocycles. The summed E-state index contributed by atoms with van der Waals surface area (Å²) in [6.07, 6.45) is 5.90. The fourth-order valence-corrected chi connectivity index (χ4v) is 2.42. The monoisotopic (exact) mass is 251 g/mol. The highest BCUT2D eigenvalue weighted by atomic mass is 16.7. The van der Waals surface area contributed by atoms with Gasteiger partial charge < -0.3 is 14.2 Å². The first kappa shape index (κ1) is 13.3. The second-order valence-electron chi connectivity index (χ2n) is 5.27. The summed E-state index contributed by atoms with van der Waals surface area (Å²) in [7, 11) is 4.84. The van der Waals surface area contributed by atoms with Gasteiger partial charge in [0.2, 0.25) is 5.79 Å². The van der Waals surface area contributed by atoms with Gasteiger partial charge in [-0.2, -0.15) is 0 Å². The van der Waals surface area contributed by atoms with Crippen molar-refractivity contribution in [2.24, 2.45) is 4.99 Å². The number of methoxy groups -OCH3 is 3. The lowest BCUT2D eigenvalue weighted by Crippen LogP contribution is -2.40. The van der Waals surface area contributed by atoms with Gasteiger partial charge in [-0.05, 0) is 38.3 Å². The minimum atomic E-state index is -0.912. The molecule has 0 aromatic rings. The quantitative estimate of drug-likeness (QED) is 0.723. The minimum Gasteiger partial charge on any atom is -0.495 e. The van der Waals surface area contributed by atoms with Gasteiger partial charge in [-0.25, -0.2) is 0 Å². The van der Waals surface area contributed by atoms with E-state index in [9.17, 15) is 0 Å². The average molecular weight is 251 g/mol. The molecule has 0 aromatic heterocycles. The van der Waals surface area contributed by atoms with Gasteiger partial charge in [0.1, 0.15) is 0 Å². The molecule has 0 radical (unpaired) electrons. The van der Waals surface area contributed by atoms with Crippen LogP contribution in [0.3, 0.4) is 0 Å². The number of allylic oxidation sites excluding steroid dienone is 2. The van der Waals surface area contributed by atoms with Gasteiger partial charge >= 0.3 is 0 Å². The summed E-state index contributed by atoms with van der Waals surface area (Å²) >= 11 is 0. The molecule has 4 nitrogen and oxygen atoms in total. The van der Waals surface area contributed by atoms with Gasteiger partial charge in [-0.15, -0.1) is 0 Å². The van der Waals surface area contributed by atoms with Crippen LogP contribution in [0.1, 0.15) is 26.7 Å². The Hall–Kier alpha value is -1.13. The number of hydrogen-bond acceptors (Lipinski definition) is 4. The van der Waals surface area contributed by atoms with E-state index in [0.29, 0.717) is 5.76 Å². The van der Waals surface area contributed by atoms with E-state index in [1.807, 2.05) is 12.2 Å². The molecule has 0 fully saturated rings. The zero-order valence-corrected chi connectivity index (χ0v) is 11.7. The Bertz CT molecular complexity index is 428. The van der Waals surface area contributed by atoms with Gasteiger partial charge in [0.25, 0.3) is 0 Å². The first-order chi connectivity index (χ1) is 8.46. The molecule has 0 amide bonds. The lowest BCUT2D eigenvalue weighted by Gasteiger charge is -2.36. The second-order valence-corrected chi connectivity index (χ2v) is 5.27. The molecule has 0 atom stereocenters. The van der Waals surface area contributed by atoms with Crippen LogP contribution in [0.2, 0.25) is 0 Å². The van der Waals surface area contributed by atoms with Crippen molar-refractivity contribution in [3.63, 3.8) is 0 Å². The third kappa shape index (κ3) is 2.10. The fraction of sp³-hybridized carbons (Fsp3) is 0.643. The van der Waals surface area contributed by atoms with E-state index in [-0.39, 0.29) is 5.54 Å². The Morgan fingerprint density at radius 2 is 1.83 bits per heavy atom. The Morgan fingerprint density at radius 3 is 2.39 bits per heavy atom. The normalized spacial score (nSPS) is 24.6. The van der Waals surface area contributed by atoms with E-state index in [4.69, 9.17) is 19.2 Å². The van der Waals surface area contributed by atoms with Crippen LogP contribution in [-0.4, -0.2) is 38.4 Å². The lowest BCUT2D eigenvalue weighted by atomic mass is 9.85. The standard InChI is InChI=1S/C14H21NO3/c1-13(2)7-6-10-9-14(17-4,18-5)12(16-3)8-11(10)15-13/h8-9H,6-7H2,1-5H3. The van der Waals surface area contributed by atoms with E-state index in [2.05, 4.69) is 13.8 Å². The van der Waals surface area contributed by atoms with Crippen LogP contribution in [0, 0.1) is 0 Å². The minimum absolute atomic E-state index is 0.0117. The second kappa shape index (κ2) is 4.52. The maximum absolute atomic E-state index is 5.49. The molecule has 4 heteroatoms. The highest BCUT2D eigenvalue weighted by molar-refractivity contribution is 6.10. The molecule has 0 bridgehead atoms. The van der Waals surface area contributed by atoms with Crippen molar-refractivity contribution in [3.8, 4) is 0 Å². The molecule has 100 valence electrons. The number of hydrogen-bond donors (Lipinski definition) is 0. The van der Waals surface area contributed by atoms with Gasteiger partial charge in [0.05, 0.1) is 18.4 Å². The third-order valence-electron chi connectivity index (χ3n) is 3.56. The van der Waals surface area contributed by atoms with Crippen LogP contribution >= 0.6 is 0 Å². The summed E-state index contributed by atoms with van der Waals surface area (Å²) < 4.78 is 16.4. The first-order valence-corrected chi connectivity index (χ1v) is 6.15. The Kier molecular flexibility index (Phi) is 3.34. The molecule has 2 aliphatic rings. The van der Waals surface area contributed by atoms with Crippen molar-refractivity contribution >= 4 is 5.71 Å². The molecule has 2 rings (SSSR count). The average Bonchev–Trinajstić information content (AvgIpc) is 2.36. The van der Waals surface area contributed by atoms with Crippen molar-refractivity contribution in [1.82, 2.24) is 0 Å². The van der Waals surface area contributed by atoms with Crippen molar-refractivity contribution in [2.45, 2.75) is 38.0 Å². The fourth-order valence-electron chi connectivity index (χ4n) is 2.42. The summed E-state index contributed by atoms with van der Waals surface area (Å²) in [5.41, 5.74) is 2.13. The van der Waals surface area contributed by atoms with Gasteiger partial charge in [0.15, 0.2) is 5.76 Å². The molecule has 0 unspecified atom stereocenters. The zero-order valence-electron chi connectivity index (χ0n) is 11.7. The molecule has 1 heterocycles. The van der Waals surface area contributed by atoms with Gasteiger partial charge in [-0.3, -0.25) is 4.99 Å². The number of nitrogens with zero attached hydrogens (tertiary/aromatic N) is 1. The molecule has 0 saturated heterocycles. The topological polar surface area (TPSA) is 40.0 Å². The highest BCUT2D eigenvalue weighted by Gasteiger charge is 2.40. The van der Waals surface area contributed by atoms with Crippen molar-refractivity contribution < 1.29 is 14.2 Å². The van der Waals surface area contributed by atoms with Crippen LogP contribution in [0.15, 0.2) is 28.5 Å². The van der Waals surface area contributed by atoms with Crippen LogP contribution in [0.25, 0.3) is 0 Å². The van der Waals surface area contributed by atoms with E-state index in [0.717, 1.165) is 18.6 Å². The number of ether oxygens (including phenoxy) is 3. The summed E-state index contributed by atoms with van der Waals surface area (Å²) in [6, 6.07) is 0. The highest BCUT2D eigenvalue weighted by Crippen LogP contribution is 2.36. The maximum atomic E-state index is 5.49. The Morgan fingerprint density at radius 1 is 1.17 bits per heavy atom. The maximum Gasteiger partial charge on any atom is 0.248 e. The number of fused-ring (bicyclic) bond motifs is 1. The number of aliphatic imine (C=N–C) groups is 1. The molecule has 0 N–H and O–H groups in total. The Balaban J connectivity index is 2.48. The first-order valence-electron chi connectivity index (χ1n) is 6.15. The molecule has 1 aliphatic heterocycles. The molecular formula is C14H21NO3. The van der Waals surface area contributed by atoms with Gasteiger partial charge in [-0.1, -0.05) is 0 Å². The molecular weight excluding hydrogens is 230 g/mol. The van der Waals surface area contributed by atoms with E-state index in [1.165, 1.54) is 5.57 Å². The smallest absolute Gasteiger partial charge is 0.248 e. The summed E-state index contributed by atoms with van der Waals surface area (Å²) in [5.74, 6) is -0.280. The van der Waals surface area contributed by atoms with Crippen LogP contribution in [0.5, 0.6) is 0 Å². The number of rotatable bonds is 3. The van der Waals surface area contributed by atoms with E-state index < -0.39 is 5.79 Å². The van der Waals surface area contributed by atoms with E-state index in [1.54, 1.807) is 21.3 Å². The predicted molar refractivity (Wildman–Crippen MR) is 70.7 cm³/mol. The molecule has 18 heavy (non-hydrogen) atoms. The Labute approximate surface area is 108 Å². The van der Waals surface area contributed by atoms with Crippen molar-refractivity contribution in [2.75, 3.05) is 21.3 Å². The molecule has 0 spiro atoms. The van der Waals surface area contributed by atoms with Crippen LogP contribution in [0.4, 0.5) is 0 Å². The molecule has 1 aliphatic carbocycles. The van der Waals surface area contributed by atoms with E-state index >= 15 is 0 Å². The van der Waals surface area contributed by atoms with Crippen LogP contribution in [-0.2, 0) is 14.2 Å². The van der Waals surface area contributed by atoms with Crippen LogP contribution < -0.4 is 0 Å². The summed E-state index contributed by atoms with van der Waals surface area (Å²) in [5, 5.41) is 0.